The van der Waals surface area contributed by atoms with E-state index in [0.29, 0.717) is 5.78 Å². The molecular weight excluding hydrogens is 300 g/mol. The summed E-state index contributed by atoms with van der Waals surface area (Å²) in [5, 5.41) is 0.213. The van der Waals surface area contributed by atoms with E-state index >= 15 is 0 Å². The van der Waals surface area contributed by atoms with Crippen LogP contribution in [-0.4, -0.2) is 11.0 Å². The molecule has 2 aromatic rings. The van der Waals surface area contributed by atoms with Crippen LogP contribution >= 0.6 is 11.8 Å². The Morgan fingerprint density at radius 1 is 0.957 bits per heavy atom. The van der Waals surface area contributed by atoms with Gasteiger partial charge in [-0.2, -0.15) is 0 Å². The summed E-state index contributed by atoms with van der Waals surface area (Å²) in [6, 6.07) is 20.7. The SMILES string of the molecule is O=C1CCCCC1C(/C=C/c1ccccc1)Sc1ccccc1. The topological polar surface area (TPSA) is 17.1 Å². The maximum absolute atomic E-state index is 12.4. The van der Waals surface area contributed by atoms with Crippen LogP contribution in [0, 0.1) is 5.92 Å². The molecular formula is C21H22OS. The lowest BCUT2D eigenvalue weighted by atomic mass is 9.85. The highest BCUT2D eigenvalue weighted by atomic mass is 32.2. The van der Waals surface area contributed by atoms with Gasteiger partial charge in [-0.3, -0.25) is 4.79 Å². The van der Waals surface area contributed by atoms with Crippen molar-refractivity contribution in [3.63, 3.8) is 0 Å². The molecule has 2 aromatic carbocycles. The second-order valence-corrected chi connectivity index (χ2v) is 7.24. The predicted molar refractivity (Wildman–Crippen MR) is 98.5 cm³/mol. The van der Waals surface area contributed by atoms with E-state index in [4.69, 9.17) is 0 Å². The minimum atomic E-state index is 0.147. The fourth-order valence-electron chi connectivity index (χ4n) is 3.04. The predicted octanol–water partition coefficient (Wildman–Crippen LogP) is 5.62. The van der Waals surface area contributed by atoms with Gasteiger partial charge in [-0.15, -0.1) is 11.8 Å². The van der Waals surface area contributed by atoms with Gasteiger partial charge in [0.2, 0.25) is 0 Å². The molecule has 0 aliphatic heterocycles. The molecule has 118 valence electrons. The summed E-state index contributed by atoms with van der Waals surface area (Å²) in [4.78, 5) is 13.6. The lowest BCUT2D eigenvalue weighted by molar-refractivity contribution is -0.124. The molecule has 1 aliphatic rings. The van der Waals surface area contributed by atoms with Gasteiger partial charge in [0, 0.05) is 22.5 Å². The van der Waals surface area contributed by atoms with Gasteiger partial charge < -0.3 is 0 Å². The average molecular weight is 322 g/mol. The van der Waals surface area contributed by atoms with E-state index in [9.17, 15) is 4.79 Å². The summed E-state index contributed by atoms with van der Waals surface area (Å²) in [5.41, 5.74) is 1.19. The van der Waals surface area contributed by atoms with Crippen LogP contribution < -0.4 is 0 Å². The molecule has 0 N–H and O–H groups in total. The summed E-state index contributed by atoms with van der Waals surface area (Å²) in [7, 11) is 0. The van der Waals surface area contributed by atoms with Gasteiger partial charge in [0.15, 0.2) is 0 Å². The van der Waals surface area contributed by atoms with Crippen LogP contribution in [0.2, 0.25) is 0 Å². The summed E-state index contributed by atoms with van der Waals surface area (Å²) >= 11 is 1.81. The summed E-state index contributed by atoms with van der Waals surface area (Å²) in [6.45, 7) is 0. The van der Waals surface area contributed by atoms with Crippen molar-refractivity contribution in [1.29, 1.82) is 0 Å². The molecule has 1 saturated carbocycles. The fourth-order valence-corrected chi connectivity index (χ4v) is 4.28. The molecule has 2 atom stereocenters. The molecule has 0 spiro atoms. The van der Waals surface area contributed by atoms with Crippen molar-refractivity contribution in [1.82, 2.24) is 0 Å². The molecule has 0 bridgehead atoms. The van der Waals surface area contributed by atoms with Gasteiger partial charge in [-0.1, -0.05) is 67.1 Å². The Labute approximate surface area is 142 Å². The standard InChI is InChI=1S/C21H22OS/c22-20-14-8-7-13-19(20)21(23-18-11-5-2-6-12-18)16-15-17-9-3-1-4-10-17/h1-6,9-12,15-16,19,21H,7-8,13-14H2/b16-15+. The van der Waals surface area contributed by atoms with Gasteiger partial charge in [0.25, 0.3) is 0 Å². The number of thioether (sulfide) groups is 1. The Balaban J connectivity index is 1.80. The highest BCUT2D eigenvalue weighted by Crippen LogP contribution is 2.35. The van der Waals surface area contributed by atoms with Gasteiger partial charge >= 0.3 is 0 Å². The van der Waals surface area contributed by atoms with Gasteiger partial charge in [-0.05, 0) is 30.5 Å². The number of carbonyl (C=O) groups is 1. The fraction of sp³-hybridized carbons (Fsp3) is 0.286. The van der Waals surface area contributed by atoms with Crippen LogP contribution in [0.15, 0.2) is 71.6 Å². The van der Waals surface area contributed by atoms with Gasteiger partial charge in [-0.25, -0.2) is 0 Å². The molecule has 1 fully saturated rings. The Bertz CT molecular complexity index is 648. The van der Waals surface area contributed by atoms with Crippen LogP contribution in [0.3, 0.4) is 0 Å². The largest absolute Gasteiger partial charge is 0.299 e. The number of carbonyl (C=O) groups excluding carboxylic acids is 1. The van der Waals surface area contributed by atoms with Crippen molar-refractivity contribution in [3.8, 4) is 0 Å². The monoisotopic (exact) mass is 322 g/mol. The van der Waals surface area contributed by atoms with Crippen molar-refractivity contribution >= 4 is 23.6 Å². The summed E-state index contributed by atoms with van der Waals surface area (Å²) in [5.74, 6) is 0.580. The molecule has 0 heterocycles. The average Bonchev–Trinajstić information content (AvgIpc) is 2.61. The third-order valence-corrected chi connectivity index (χ3v) is 5.59. The van der Waals surface area contributed by atoms with E-state index in [1.807, 2.05) is 36.0 Å². The second kappa shape index (κ2) is 8.16. The van der Waals surface area contributed by atoms with Crippen molar-refractivity contribution < 1.29 is 4.79 Å². The van der Waals surface area contributed by atoms with E-state index in [0.717, 1.165) is 19.3 Å². The Hall–Kier alpha value is -1.80. The molecule has 0 aromatic heterocycles. The van der Waals surface area contributed by atoms with E-state index in [1.165, 1.54) is 16.9 Å². The van der Waals surface area contributed by atoms with Crippen molar-refractivity contribution in [2.24, 2.45) is 5.92 Å². The molecule has 2 unspecified atom stereocenters. The second-order valence-electron chi connectivity index (χ2n) is 5.98. The number of hydrogen-bond acceptors (Lipinski definition) is 2. The van der Waals surface area contributed by atoms with Crippen LogP contribution in [0.4, 0.5) is 0 Å². The molecule has 0 amide bonds. The Kier molecular flexibility index (Phi) is 5.71. The van der Waals surface area contributed by atoms with Crippen LogP contribution in [-0.2, 0) is 4.79 Å². The van der Waals surface area contributed by atoms with Gasteiger partial charge in [0.1, 0.15) is 5.78 Å². The minimum absolute atomic E-state index is 0.147. The molecule has 1 aliphatic carbocycles. The molecule has 1 nitrogen and oxygen atoms in total. The molecule has 2 heteroatoms. The minimum Gasteiger partial charge on any atom is -0.299 e. The highest BCUT2D eigenvalue weighted by molar-refractivity contribution is 8.00. The maximum Gasteiger partial charge on any atom is 0.137 e. The third-order valence-electron chi connectivity index (χ3n) is 4.29. The van der Waals surface area contributed by atoms with Crippen LogP contribution in [0.1, 0.15) is 31.2 Å². The first kappa shape index (κ1) is 16.1. The van der Waals surface area contributed by atoms with E-state index in [1.54, 1.807) is 0 Å². The number of Topliss-reactive ketones (excluding diaryl/α,β-unsaturated/α-hetero) is 1. The molecule has 3 rings (SSSR count). The number of ketones is 1. The van der Waals surface area contributed by atoms with Crippen LogP contribution in [0.25, 0.3) is 6.08 Å². The molecule has 0 saturated heterocycles. The van der Waals surface area contributed by atoms with Crippen molar-refractivity contribution in [2.45, 2.75) is 35.8 Å². The van der Waals surface area contributed by atoms with E-state index in [-0.39, 0.29) is 11.2 Å². The van der Waals surface area contributed by atoms with Gasteiger partial charge in [0.05, 0.1) is 0 Å². The number of benzene rings is 2. The van der Waals surface area contributed by atoms with Crippen LogP contribution in [0.5, 0.6) is 0 Å². The van der Waals surface area contributed by atoms with E-state index < -0.39 is 0 Å². The number of rotatable bonds is 5. The first-order chi connectivity index (χ1) is 11.3. The normalized spacial score (nSPS) is 19.8. The Morgan fingerprint density at radius 2 is 1.65 bits per heavy atom. The highest BCUT2D eigenvalue weighted by Gasteiger charge is 2.29. The maximum atomic E-state index is 12.4. The summed E-state index contributed by atoms with van der Waals surface area (Å²) < 4.78 is 0. The zero-order valence-electron chi connectivity index (χ0n) is 13.2. The van der Waals surface area contributed by atoms with Crippen molar-refractivity contribution in [2.75, 3.05) is 0 Å². The Morgan fingerprint density at radius 3 is 2.35 bits per heavy atom. The lowest BCUT2D eigenvalue weighted by Gasteiger charge is -2.26. The molecule has 0 radical (unpaired) electrons. The zero-order valence-corrected chi connectivity index (χ0v) is 14.0. The van der Waals surface area contributed by atoms with E-state index in [2.05, 4.69) is 48.6 Å². The van der Waals surface area contributed by atoms with Crippen molar-refractivity contribution in [3.05, 3.63) is 72.3 Å². The third kappa shape index (κ3) is 4.59. The lowest BCUT2D eigenvalue weighted by Crippen LogP contribution is -2.27. The quantitative estimate of drug-likeness (QED) is 0.665. The first-order valence-electron chi connectivity index (χ1n) is 8.30. The smallest absolute Gasteiger partial charge is 0.137 e. The molecule has 23 heavy (non-hydrogen) atoms. The summed E-state index contributed by atoms with van der Waals surface area (Å²) in [6.07, 6.45) is 8.36. The number of hydrogen-bond donors (Lipinski definition) is 0. The zero-order chi connectivity index (χ0) is 15.9. The first-order valence-corrected chi connectivity index (χ1v) is 9.18.